The van der Waals surface area contributed by atoms with Gasteiger partial charge >= 0.3 is 35.6 Å². The molecule has 2 aliphatic carbocycles. The van der Waals surface area contributed by atoms with Crippen LogP contribution in [0.5, 0.6) is 0 Å². The molecule has 0 saturated heterocycles. The van der Waals surface area contributed by atoms with Crippen molar-refractivity contribution in [1.29, 1.82) is 0 Å². The predicted molar refractivity (Wildman–Crippen MR) is 80.2 cm³/mol. The van der Waals surface area contributed by atoms with E-state index in [1.165, 1.54) is 11.8 Å². The van der Waals surface area contributed by atoms with Gasteiger partial charge in [-0.1, -0.05) is 27.7 Å². The van der Waals surface area contributed by atoms with Crippen LogP contribution in [0.1, 0.15) is 27.7 Å². The first-order valence-corrected chi connectivity index (χ1v) is 10.6. The van der Waals surface area contributed by atoms with Gasteiger partial charge in [-0.15, -0.1) is 0 Å². The SMILES string of the molecule is CC(C)([C]1[CH][CH][CH][CH]1)C(C)(C)[C]1[CH][CH][CH][CH]1.[Cl][Ti][Cl]. The summed E-state index contributed by atoms with van der Waals surface area (Å²) in [5.74, 6) is 2.83. The molecule has 10 radical (unpaired) electrons. The molecule has 0 atom stereocenters. The molecule has 0 aliphatic heterocycles. The van der Waals surface area contributed by atoms with Crippen LogP contribution in [-0.2, 0) is 17.0 Å². The van der Waals surface area contributed by atoms with Crippen molar-refractivity contribution in [2.24, 2.45) is 10.8 Å². The molecule has 3 heteroatoms. The molecule has 0 bridgehead atoms. The molecule has 2 saturated carbocycles. The molecular formula is C16H20Cl2Ti. The predicted octanol–water partition coefficient (Wildman–Crippen LogP) is 5.23. The fourth-order valence-electron chi connectivity index (χ4n) is 2.30. The number of hydrogen-bond acceptors (Lipinski definition) is 0. The molecule has 0 aromatic rings. The van der Waals surface area contributed by atoms with Crippen LogP contribution in [0, 0.1) is 74.0 Å². The van der Waals surface area contributed by atoms with E-state index in [1.54, 1.807) is 0 Å². The summed E-state index contributed by atoms with van der Waals surface area (Å²) >= 11 is -0.556. The second-order valence-electron chi connectivity index (χ2n) is 5.67. The van der Waals surface area contributed by atoms with Crippen molar-refractivity contribution in [1.82, 2.24) is 0 Å². The van der Waals surface area contributed by atoms with Crippen LogP contribution in [-0.4, -0.2) is 0 Å². The van der Waals surface area contributed by atoms with Crippen molar-refractivity contribution < 1.29 is 17.0 Å². The molecule has 102 valence electrons. The van der Waals surface area contributed by atoms with E-state index in [-0.39, 0.29) is 10.8 Å². The molecule has 0 aromatic heterocycles. The molecule has 0 amide bonds. The number of halogens is 2. The third-order valence-electron chi connectivity index (χ3n) is 4.33. The summed E-state index contributed by atoms with van der Waals surface area (Å²) in [5, 5.41) is 0. The first kappa shape index (κ1) is 18.3. The van der Waals surface area contributed by atoms with E-state index in [0.29, 0.717) is 0 Å². The summed E-state index contributed by atoms with van der Waals surface area (Å²) in [4.78, 5) is 0. The van der Waals surface area contributed by atoms with Crippen molar-refractivity contribution >= 4 is 18.6 Å². The standard InChI is InChI=1S/C16H20.2ClH.Ti/c1-15(2,13-9-5-6-10-13)16(3,4)14-11-7-8-12-14;;;/h5-12H,1-4H3;2*1H;/q;;;+2/p-2. The van der Waals surface area contributed by atoms with E-state index in [2.05, 4.69) is 79.1 Å². The van der Waals surface area contributed by atoms with Crippen LogP contribution in [0.25, 0.3) is 0 Å². The quantitative estimate of drug-likeness (QED) is 0.622. The molecule has 19 heavy (non-hydrogen) atoms. The van der Waals surface area contributed by atoms with Crippen molar-refractivity contribution in [2.45, 2.75) is 27.7 Å². The van der Waals surface area contributed by atoms with Gasteiger partial charge in [-0.25, -0.2) is 0 Å². The first-order chi connectivity index (χ1) is 8.87. The van der Waals surface area contributed by atoms with Crippen LogP contribution in [0.4, 0.5) is 0 Å². The maximum atomic E-state index is 4.89. The Morgan fingerprint density at radius 3 is 1.11 bits per heavy atom. The molecular weight excluding hydrogens is 311 g/mol. The van der Waals surface area contributed by atoms with Gasteiger partial charge in [-0.2, -0.15) is 0 Å². The molecule has 0 nitrogen and oxygen atoms in total. The van der Waals surface area contributed by atoms with Gasteiger partial charge in [-0.05, 0) is 74.0 Å². The van der Waals surface area contributed by atoms with Gasteiger partial charge in [0.05, 0.1) is 0 Å². The van der Waals surface area contributed by atoms with Crippen molar-refractivity contribution in [3.05, 3.63) is 63.2 Å². The van der Waals surface area contributed by atoms with E-state index in [4.69, 9.17) is 18.6 Å². The molecule has 0 spiro atoms. The Morgan fingerprint density at radius 1 is 0.684 bits per heavy atom. The molecule has 0 unspecified atom stereocenters. The Morgan fingerprint density at radius 2 is 0.895 bits per heavy atom. The van der Waals surface area contributed by atoms with Crippen LogP contribution >= 0.6 is 18.6 Å². The summed E-state index contributed by atoms with van der Waals surface area (Å²) in [5.41, 5.74) is 0.287. The average Bonchev–Trinajstić information content (AvgIpc) is 3.04. The Kier molecular flexibility index (Phi) is 7.79. The van der Waals surface area contributed by atoms with Gasteiger partial charge in [0.1, 0.15) is 0 Å². The summed E-state index contributed by atoms with van der Waals surface area (Å²) in [6.45, 7) is 9.31. The zero-order chi connectivity index (χ0) is 14.5. The zero-order valence-electron chi connectivity index (χ0n) is 11.9. The molecule has 2 fully saturated rings. The van der Waals surface area contributed by atoms with Crippen molar-refractivity contribution in [3.8, 4) is 0 Å². The van der Waals surface area contributed by atoms with Gasteiger partial charge < -0.3 is 0 Å². The third kappa shape index (κ3) is 4.38. The summed E-state index contributed by atoms with van der Waals surface area (Å²) in [6, 6.07) is 0. The van der Waals surface area contributed by atoms with Gasteiger partial charge in [0.2, 0.25) is 0 Å². The van der Waals surface area contributed by atoms with E-state index in [1.807, 2.05) is 0 Å². The minimum absolute atomic E-state index is 0.144. The third-order valence-corrected chi connectivity index (χ3v) is 4.33. The normalized spacial score (nSPS) is 22.2. The fourth-order valence-corrected chi connectivity index (χ4v) is 2.30. The van der Waals surface area contributed by atoms with E-state index in [0.717, 1.165) is 0 Å². The molecule has 2 rings (SSSR count). The Bertz CT molecular complexity index is 225. The second kappa shape index (κ2) is 8.07. The molecule has 0 N–H and O–H groups in total. The fraction of sp³-hybridized carbons (Fsp3) is 0.375. The van der Waals surface area contributed by atoms with Gasteiger partial charge in [0.25, 0.3) is 0 Å². The topological polar surface area (TPSA) is 0 Å². The van der Waals surface area contributed by atoms with E-state index >= 15 is 0 Å². The Hall–Kier alpha value is 1.29. The van der Waals surface area contributed by atoms with Crippen LogP contribution in [0.3, 0.4) is 0 Å². The Labute approximate surface area is 137 Å². The van der Waals surface area contributed by atoms with Crippen LogP contribution in [0.2, 0.25) is 0 Å². The van der Waals surface area contributed by atoms with E-state index < -0.39 is 17.0 Å². The van der Waals surface area contributed by atoms with Crippen molar-refractivity contribution in [3.63, 3.8) is 0 Å². The summed E-state index contributed by atoms with van der Waals surface area (Å²) in [7, 11) is 9.78. The monoisotopic (exact) mass is 330 g/mol. The van der Waals surface area contributed by atoms with E-state index in [9.17, 15) is 0 Å². The van der Waals surface area contributed by atoms with Gasteiger partial charge in [0, 0.05) is 0 Å². The number of hydrogen-bond donors (Lipinski definition) is 0. The van der Waals surface area contributed by atoms with Crippen LogP contribution < -0.4 is 0 Å². The first-order valence-electron chi connectivity index (χ1n) is 6.28. The molecule has 0 aromatic carbocycles. The zero-order valence-corrected chi connectivity index (χ0v) is 14.9. The summed E-state index contributed by atoms with van der Waals surface area (Å²) < 4.78 is 0. The van der Waals surface area contributed by atoms with Gasteiger partial charge in [-0.3, -0.25) is 0 Å². The minimum atomic E-state index is -0.556. The molecule has 0 heterocycles. The molecule has 2 aliphatic rings. The Balaban J connectivity index is 0.000000550. The van der Waals surface area contributed by atoms with Gasteiger partial charge in [0.15, 0.2) is 0 Å². The maximum absolute atomic E-state index is 4.89. The second-order valence-corrected chi connectivity index (χ2v) is 8.25. The van der Waals surface area contributed by atoms with Crippen molar-refractivity contribution in [2.75, 3.05) is 0 Å². The number of rotatable bonds is 3. The van der Waals surface area contributed by atoms with Crippen LogP contribution in [0.15, 0.2) is 0 Å². The summed E-state index contributed by atoms with van der Waals surface area (Å²) in [6.07, 6.45) is 17.4. The average molecular weight is 331 g/mol.